The van der Waals surface area contributed by atoms with Crippen molar-refractivity contribution in [3.63, 3.8) is 0 Å². The van der Waals surface area contributed by atoms with Crippen molar-refractivity contribution in [1.29, 1.82) is 0 Å². The molecular formula is C35H17N3O2+2. The van der Waals surface area contributed by atoms with Crippen molar-refractivity contribution in [3.8, 4) is 11.5 Å². The van der Waals surface area contributed by atoms with Gasteiger partial charge < -0.3 is 9.15 Å². The molecule has 0 saturated carbocycles. The van der Waals surface area contributed by atoms with Gasteiger partial charge in [-0.15, -0.1) is 9.13 Å². The summed E-state index contributed by atoms with van der Waals surface area (Å²) in [6, 6.07) is 32.9. The van der Waals surface area contributed by atoms with Crippen LogP contribution in [0.4, 0.5) is 0 Å². The summed E-state index contributed by atoms with van der Waals surface area (Å²) in [5.74, 6) is 1.81. The first-order chi connectivity index (χ1) is 19.9. The summed E-state index contributed by atoms with van der Waals surface area (Å²) in [5.41, 5.74) is 7.22. The van der Waals surface area contributed by atoms with E-state index in [9.17, 15) is 0 Å². The predicted molar refractivity (Wildman–Crippen MR) is 153 cm³/mol. The molecule has 1 unspecified atom stereocenters. The largest absolute Gasteiger partial charge is 0.456 e. The first-order valence-electron chi connectivity index (χ1n) is 13.7. The standard InChI is InChI=1S/C35H17N3O2/c1-2-7-19-18(6-1)21-11-13-26-30-28(21)32-23(19)9-5-16-36(32)35(30)31-27(40-26)14-12-22-20-8-3-4-10-24(20)37-25-15-17-39-34(25)38(35)33(37)29(22)31/h1-17H/q+2. The highest BCUT2D eigenvalue weighted by atomic mass is 16.5. The third-order valence-corrected chi connectivity index (χ3v) is 9.81. The second kappa shape index (κ2) is 5.63. The Bertz CT molecular complexity index is 2730. The van der Waals surface area contributed by atoms with Gasteiger partial charge in [0.1, 0.15) is 28.1 Å². The van der Waals surface area contributed by atoms with Crippen molar-refractivity contribution >= 4 is 71.0 Å². The molecule has 4 aromatic heterocycles. The Morgan fingerprint density at radius 2 is 1.30 bits per heavy atom. The van der Waals surface area contributed by atoms with Crippen LogP contribution in [0, 0.1) is 0 Å². The number of fused-ring (bicyclic) bond motifs is 9. The van der Waals surface area contributed by atoms with Crippen LogP contribution in [0.1, 0.15) is 11.1 Å². The zero-order valence-corrected chi connectivity index (χ0v) is 21.0. The topological polar surface area (TPSA) is 34.5 Å². The van der Waals surface area contributed by atoms with Crippen LogP contribution >= 0.6 is 0 Å². The third-order valence-electron chi connectivity index (χ3n) is 9.81. The number of imidazole rings is 1. The number of benzene rings is 5. The van der Waals surface area contributed by atoms with E-state index in [0.29, 0.717) is 0 Å². The number of nitrogens with zero attached hydrogens (tertiary/aromatic N) is 3. The smallest absolute Gasteiger partial charge is 0.374 e. The Morgan fingerprint density at radius 1 is 0.600 bits per heavy atom. The van der Waals surface area contributed by atoms with E-state index in [1.54, 1.807) is 0 Å². The molecule has 3 aliphatic rings. The summed E-state index contributed by atoms with van der Waals surface area (Å²) in [7, 11) is 0. The van der Waals surface area contributed by atoms with Crippen LogP contribution in [0.2, 0.25) is 0 Å². The van der Waals surface area contributed by atoms with Gasteiger partial charge in [0.15, 0.2) is 6.20 Å². The number of ether oxygens (including phenoxy) is 1. The molecule has 3 aliphatic heterocycles. The van der Waals surface area contributed by atoms with Crippen LogP contribution in [-0.2, 0) is 5.66 Å². The van der Waals surface area contributed by atoms with E-state index in [0.717, 1.165) is 28.4 Å². The van der Waals surface area contributed by atoms with E-state index >= 15 is 0 Å². The molecule has 12 rings (SSSR count). The van der Waals surface area contributed by atoms with Gasteiger partial charge in [-0.2, -0.15) is 4.40 Å². The molecule has 0 radical (unpaired) electrons. The minimum atomic E-state index is -0.675. The molecule has 0 fully saturated rings. The number of hydrogen-bond acceptors (Lipinski definition) is 2. The highest BCUT2D eigenvalue weighted by Crippen LogP contribution is 2.58. The quantitative estimate of drug-likeness (QED) is 0.161. The lowest BCUT2D eigenvalue weighted by Gasteiger charge is -2.27. The number of aromatic nitrogens is 3. The van der Waals surface area contributed by atoms with E-state index in [2.05, 4.69) is 111 Å². The summed E-state index contributed by atoms with van der Waals surface area (Å²) >= 11 is 0. The Kier molecular flexibility index (Phi) is 2.64. The Balaban J connectivity index is 1.48. The lowest BCUT2D eigenvalue weighted by atomic mass is 9.85. The van der Waals surface area contributed by atoms with Crippen LogP contribution in [0.5, 0.6) is 11.5 Å². The lowest BCUT2D eigenvalue weighted by Crippen LogP contribution is -2.71. The molecule has 5 aromatic carbocycles. The van der Waals surface area contributed by atoms with Crippen LogP contribution in [-0.4, -0.2) is 4.40 Å². The van der Waals surface area contributed by atoms with Crippen molar-refractivity contribution in [3.05, 3.63) is 115 Å². The fourth-order valence-electron chi connectivity index (χ4n) is 8.58. The Hall–Kier alpha value is -5.42. The Labute approximate surface area is 225 Å². The molecule has 0 saturated heterocycles. The van der Waals surface area contributed by atoms with E-state index in [-0.39, 0.29) is 0 Å². The maximum absolute atomic E-state index is 6.83. The lowest BCUT2D eigenvalue weighted by molar-refractivity contribution is -0.936. The van der Waals surface area contributed by atoms with Gasteiger partial charge in [-0.25, -0.2) is 0 Å². The maximum atomic E-state index is 6.83. The molecule has 0 bridgehead atoms. The van der Waals surface area contributed by atoms with E-state index in [1.165, 1.54) is 65.3 Å². The molecule has 0 aliphatic carbocycles. The molecule has 5 heteroatoms. The molecule has 1 atom stereocenters. The molecule has 1 spiro atoms. The fraction of sp³-hybridized carbons (Fsp3) is 0.0286. The van der Waals surface area contributed by atoms with Crippen molar-refractivity contribution in [1.82, 2.24) is 4.40 Å². The maximum Gasteiger partial charge on any atom is 0.374 e. The normalized spacial score (nSPS) is 17.8. The van der Waals surface area contributed by atoms with Crippen LogP contribution in [0.3, 0.4) is 0 Å². The van der Waals surface area contributed by atoms with Crippen LogP contribution in [0.15, 0.2) is 108 Å². The third kappa shape index (κ3) is 1.60. The molecule has 0 N–H and O–H groups in total. The highest BCUT2D eigenvalue weighted by molar-refractivity contribution is 6.26. The average molecular weight is 512 g/mol. The molecule has 5 nitrogen and oxygen atoms in total. The van der Waals surface area contributed by atoms with Gasteiger partial charge in [-0.1, -0.05) is 42.5 Å². The van der Waals surface area contributed by atoms with E-state index in [4.69, 9.17) is 9.15 Å². The second-order valence-corrected chi connectivity index (χ2v) is 11.3. The van der Waals surface area contributed by atoms with Crippen LogP contribution in [0.25, 0.3) is 71.0 Å². The van der Waals surface area contributed by atoms with Crippen molar-refractivity contribution in [2.75, 3.05) is 0 Å². The number of hydrogen-bond donors (Lipinski definition) is 0. The summed E-state index contributed by atoms with van der Waals surface area (Å²) in [6.45, 7) is 0. The molecule has 0 amide bonds. The highest BCUT2D eigenvalue weighted by Gasteiger charge is 2.69. The van der Waals surface area contributed by atoms with Gasteiger partial charge in [0, 0.05) is 22.9 Å². The number of pyridine rings is 2. The van der Waals surface area contributed by atoms with Gasteiger partial charge in [-0.05, 0) is 52.6 Å². The number of furan rings is 1. The van der Waals surface area contributed by atoms with E-state index < -0.39 is 5.66 Å². The SMILES string of the molecule is c1ccc2c(c1)c1ccc3c4c1c1c2ccc[n+]1C41c2c(ccc4c5ccccc5n5c6ccoc6[n+]1c5c24)O3. The summed E-state index contributed by atoms with van der Waals surface area (Å²) in [5, 5.41) is 10.00. The summed E-state index contributed by atoms with van der Waals surface area (Å²) in [6.07, 6.45) is 4.08. The minimum Gasteiger partial charge on any atom is -0.456 e. The van der Waals surface area contributed by atoms with Gasteiger partial charge in [0.05, 0.1) is 22.4 Å². The van der Waals surface area contributed by atoms with Crippen molar-refractivity contribution in [2.24, 2.45) is 0 Å². The molecule has 7 heterocycles. The fourth-order valence-corrected chi connectivity index (χ4v) is 8.58. The van der Waals surface area contributed by atoms with E-state index in [1.807, 2.05) is 6.26 Å². The average Bonchev–Trinajstić information content (AvgIpc) is 3.75. The zero-order valence-electron chi connectivity index (χ0n) is 21.0. The second-order valence-electron chi connectivity index (χ2n) is 11.3. The molecular weight excluding hydrogens is 494 g/mol. The van der Waals surface area contributed by atoms with Gasteiger partial charge in [-0.3, -0.25) is 0 Å². The number of rotatable bonds is 0. The van der Waals surface area contributed by atoms with Crippen molar-refractivity contribution in [2.45, 2.75) is 5.66 Å². The zero-order chi connectivity index (χ0) is 25.5. The Morgan fingerprint density at radius 3 is 2.15 bits per heavy atom. The summed E-state index contributed by atoms with van der Waals surface area (Å²) < 4.78 is 20.6. The summed E-state index contributed by atoms with van der Waals surface area (Å²) in [4.78, 5) is 0. The molecule has 40 heavy (non-hydrogen) atoms. The van der Waals surface area contributed by atoms with Crippen molar-refractivity contribution < 1.29 is 18.3 Å². The van der Waals surface area contributed by atoms with Gasteiger partial charge >= 0.3 is 17.0 Å². The van der Waals surface area contributed by atoms with Gasteiger partial charge in [0.2, 0.25) is 11.0 Å². The van der Waals surface area contributed by atoms with Gasteiger partial charge in [0.25, 0.3) is 0 Å². The first kappa shape index (κ1) is 18.8. The predicted octanol–water partition coefficient (Wildman–Crippen LogP) is 7.06. The number of para-hydroxylation sites is 1. The molecule has 9 aromatic rings. The first-order valence-corrected chi connectivity index (χ1v) is 13.7. The van der Waals surface area contributed by atoms with Crippen LogP contribution < -0.4 is 13.9 Å². The molecule has 182 valence electrons. The minimum absolute atomic E-state index is 0.675. The monoisotopic (exact) mass is 511 g/mol.